The molecule has 3 heterocycles. The Morgan fingerprint density at radius 2 is 1.85 bits per heavy atom. The summed E-state index contributed by atoms with van der Waals surface area (Å²) in [7, 11) is 0. The number of benzene rings is 1. The van der Waals surface area contributed by atoms with Crippen molar-refractivity contribution in [2.45, 2.75) is 52.6 Å². The second kappa shape index (κ2) is 10.7. The van der Waals surface area contributed by atoms with Crippen LogP contribution in [-0.4, -0.2) is 32.7 Å². The van der Waals surface area contributed by atoms with Gasteiger partial charge in [0.05, 0.1) is 41.3 Å². The number of rotatable bonds is 8. The summed E-state index contributed by atoms with van der Waals surface area (Å²) in [6.45, 7) is 5.59. The summed E-state index contributed by atoms with van der Waals surface area (Å²) in [6, 6.07) is 9.31. The van der Waals surface area contributed by atoms with Crippen LogP contribution in [0.5, 0.6) is 0 Å². The summed E-state index contributed by atoms with van der Waals surface area (Å²) in [5.74, 6) is 0.612. The summed E-state index contributed by atoms with van der Waals surface area (Å²) < 4.78 is 5.80. The van der Waals surface area contributed by atoms with Gasteiger partial charge in [-0.25, -0.2) is 4.40 Å². The third-order valence-electron chi connectivity index (χ3n) is 6.29. The zero-order chi connectivity index (χ0) is 24.4. The molecule has 0 unspecified atom stereocenters. The van der Waals surface area contributed by atoms with Crippen molar-refractivity contribution < 1.29 is 9.59 Å². The molecule has 180 valence electrons. The number of nitrogens with zero attached hydrogens (tertiary/aromatic N) is 3. The fraction of sp³-hybridized carbons (Fsp3) is 0.440. The monoisotopic (exact) mass is 519 g/mol. The fourth-order valence-corrected chi connectivity index (χ4v) is 5.65. The van der Waals surface area contributed by atoms with E-state index in [1.165, 1.54) is 6.07 Å². The second-order valence-electron chi connectivity index (χ2n) is 9.24. The average molecular weight is 520 g/mol. The predicted molar refractivity (Wildman–Crippen MR) is 138 cm³/mol. The van der Waals surface area contributed by atoms with Crippen molar-refractivity contribution in [3.8, 4) is 0 Å². The maximum absolute atomic E-state index is 12.9. The van der Waals surface area contributed by atoms with E-state index in [0.29, 0.717) is 49.1 Å². The number of halogens is 2. The van der Waals surface area contributed by atoms with Crippen LogP contribution in [0, 0.1) is 11.8 Å². The molecule has 1 fully saturated rings. The third kappa shape index (κ3) is 5.58. The summed E-state index contributed by atoms with van der Waals surface area (Å²) in [5, 5.41) is 0.508. The molecule has 1 amide bonds. The molecule has 6 nitrogen and oxygen atoms in total. The molecule has 1 aromatic heterocycles. The van der Waals surface area contributed by atoms with Crippen molar-refractivity contribution in [1.29, 1.82) is 0 Å². The summed E-state index contributed by atoms with van der Waals surface area (Å²) in [6.07, 6.45) is 2.63. The van der Waals surface area contributed by atoms with E-state index < -0.39 is 0 Å². The highest BCUT2D eigenvalue weighted by Crippen LogP contribution is 2.28. The van der Waals surface area contributed by atoms with Gasteiger partial charge in [0.2, 0.25) is 11.0 Å². The molecule has 2 aromatic rings. The van der Waals surface area contributed by atoms with E-state index in [1.54, 1.807) is 9.47 Å². The van der Waals surface area contributed by atoms with Crippen LogP contribution in [0.25, 0.3) is 0 Å². The number of carbonyl (C=O) groups excluding carboxylic acids is 2. The van der Waals surface area contributed by atoms with Crippen LogP contribution in [0.15, 0.2) is 39.5 Å². The van der Waals surface area contributed by atoms with E-state index in [2.05, 4.69) is 18.2 Å². The number of amides is 1. The van der Waals surface area contributed by atoms with Gasteiger partial charge in [0.15, 0.2) is 0 Å². The van der Waals surface area contributed by atoms with Gasteiger partial charge >= 0.3 is 0 Å². The Morgan fingerprint density at radius 3 is 2.50 bits per heavy atom. The van der Waals surface area contributed by atoms with Crippen LogP contribution >= 0.6 is 35.1 Å². The van der Waals surface area contributed by atoms with Crippen molar-refractivity contribution in [3.05, 3.63) is 67.6 Å². The standard InChI is InChI=1S/C25H27Cl2N3O3S/c1-15(2)11-18-8-9-29(24(18)32)14-22-19(26)12-20(27)25(33)30(22)10-7-16-3-5-17(6-4-16)21-13-23(31)34-28-21/h3-6,12,15,18H,7-11,13-14H2,1-2H3/t18-/m0/s1. The second-order valence-corrected chi connectivity index (χ2v) is 10.9. The Balaban J connectivity index is 1.50. The van der Waals surface area contributed by atoms with E-state index in [9.17, 15) is 14.4 Å². The normalized spacial score (nSPS) is 18.3. The molecule has 0 radical (unpaired) electrons. The minimum absolute atomic E-state index is 0.0305. The zero-order valence-electron chi connectivity index (χ0n) is 19.2. The van der Waals surface area contributed by atoms with Crippen LogP contribution in [-0.2, 0) is 29.1 Å². The number of hydrogen-bond donors (Lipinski definition) is 0. The lowest BCUT2D eigenvalue weighted by atomic mass is 9.96. The van der Waals surface area contributed by atoms with Crippen molar-refractivity contribution in [2.75, 3.05) is 6.54 Å². The van der Waals surface area contributed by atoms with Gasteiger partial charge in [-0.3, -0.25) is 14.4 Å². The molecule has 0 saturated carbocycles. The summed E-state index contributed by atoms with van der Waals surface area (Å²) >= 11 is 13.7. The lowest BCUT2D eigenvalue weighted by Crippen LogP contribution is -2.32. The van der Waals surface area contributed by atoms with Crippen molar-refractivity contribution in [3.63, 3.8) is 0 Å². The molecular weight excluding hydrogens is 493 g/mol. The number of aryl methyl sites for hydroxylation is 1. The highest BCUT2D eigenvalue weighted by Gasteiger charge is 2.32. The Hall–Kier alpha value is -2.09. The summed E-state index contributed by atoms with van der Waals surface area (Å²) in [4.78, 5) is 39.1. The number of hydrogen-bond acceptors (Lipinski definition) is 5. The van der Waals surface area contributed by atoms with Gasteiger partial charge < -0.3 is 9.47 Å². The number of aromatic nitrogens is 1. The van der Waals surface area contributed by atoms with E-state index >= 15 is 0 Å². The number of carbonyl (C=O) groups is 2. The van der Waals surface area contributed by atoms with Crippen molar-refractivity contribution >= 4 is 51.9 Å². The predicted octanol–water partition coefficient (Wildman–Crippen LogP) is 5.16. The van der Waals surface area contributed by atoms with E-state index in [-0.39, 0.29) is 27.5 Å². The largest absolute Gasteiger partial charge is 0.337 e. The Kier molecular flexibility index (Phi) is 7.85. The van der Waals surface area contributed by atoms with Gasteiger partial charge in [0.1, 0.15) is 5.02 Å². The quantitative estimate of drug-likeness (QED) is 0.451. The molecule has 4 rings (SSSR count). The van der Waals surface area contributed by atoms with E-state index in [4.69, 9.17) is 23.2 Å². The average Bonchev–Trinajstić information content (AvgIpc) is 3.38. The van der Waals surface area contributed by atoms with Gasteiger partial charge in [-0.1, -0.05) is 61.3 Å². The van der Waals surface area contributed by atoms with Crippen LogP contribution in [0.4, 0.5) is 0 Å². The Bertz CT molecular complexity index is 1190. The SMILES string of the molecule is CC(C)C[C@@H]1CCN(Cc2c(Cl)cc(Cl)c(=O)n2CCc2ccc(C3=NSC(=O)C3)cc2)C1=O. The molecular formula is C25H27Cl2N3O3S. The molecule has 34 heavy (non-hydrogen) atoms. The molecule has 0 aliphatic carbocycles. The third-order valence-corrected chi connectivity index (χ3v) is 7.55. The summed E-state index contributed by atoms with van der Waals surface area (Å²) in [5.41, 5.74) is 3.05. The fourth-order valence-electron chi connectivity index (χ4n) is 4.53. The Labute approximate surface area is 213 Å². The first-order valence-electron chi connectivity index (χ1n) is 11.5. The van der Waals surface area contributed by atoms with Gasteiger partial charge in [-0.15, -0.1) is 0 Å². The van der Waals surface area contributed by atoms with Crippen LogP contribution in [0.1, 0.15) is 49.9 Å². The number of likely N-dealkylation sites (tertiary alicyclic amines) is 1. The molecule has 2 aliphatic rings. The van der Waals surface area contributed by atoms with Gasteiger partial charge in [-0.2, -0.15) is 0 Å². The number of pyridine rings is 1. The molecule has 1 atom stereocenters. The topological polar surface area (TPSA) is 71.7 Å². The molecule has 0 bridgehead atoms. The van der Waals surface area contributed by atoms with Crippen LogP contribution in [0.2, 0.25) is 10.0 Å². The first-order valence-corrected chi connectivity index (χ1v) is 13.0. The van der Waals surface area contributed by atoms with Crippen molar-refractivity contribution in [1.82, 2.24) is 9.47 Å². The van der Waals surface area contributed by atoms with Gasteiger partial charge in [-0.05, 0) is 42.4 Å². The lowest BCUT2D eigenvalue weighted by Gasteiger charge is -2.22. The first-order chi connectivity index (χ1) is 16.2. The molecule has 0 spiro atoms. The molecule has 9 heteroatoms. The van der Waals surface area contributed by atoms with E-state index in [1.807, 2.05) is 24.3 Å². The zero-order valence-corrected chi connectivity index (χ0v) is 21.6. The van der Waals surface area contributed by atoms with Crippen LogP contribution in [0.3, 0.4) is 0 Å². The minimum atomic E-state index is -0.307. The maximum atomic E-state index is 12.9. The molecule has 1 saturated heterocycles. The maximum Gasteiger partial charge on any atom is 0.269 e. The minimum Gasteiger partial charge on any atom is -0.337 e. The Morgan fingerprint density at radius 1 is 1.12 bits per heavy atom. The van der Waals surface area contributed by atoms with Gasteiger partial charge in [0, 0.05) is 19.0 Å². The molecule has 1 aromatic carbocycles. The molecule has 0 N–H and O–H groups in total. The van der Waals surface area contributed by atoms with Gasteiger partial charge in [0.25, 0.3) is 5.56 Å². The highest BCUT2D eigenvalue weighted by atomic mass is 35.5. The van der Waals surface area contributed by atoms with Crippen molar-refractivity contribution in [2.24, 2.45) is 16.2 Å². The molecule has 2 aliphatic heterocycles. The van der Waals surface area contributed by atoms with Crippen LogP contribution < -0.4 is 5.56 Å². The lowest BCUT2D eigenvalue weighted by molar-refractivity contribution is -0.132. The smallest absolute Gasteiger partial charge is 0.269 e. The first kappa shape index (κ1) is 25.0. The highest BCUT2D eigenvalue weighted by molar-refractivity contribution is 8.13. The van der Waals surface area contributed by atoms with E-state index in [0.717, 1.165) is 41.6 Å².